The lowest BCUT2D eigenvalue weighted by atomic mass is 9.89. The van der Waals surface area contributed by atoms with Gasteiger partial charge < -0.3 is 10.3 Å². The van der Waals surface area contributed by atoms with Crippen LogP contribution in [-0.4, -0.2) is 40.3 Å². The third-order valence-corrected chi connectivity index (χ3v) is 8.38. The predicted octanol–water partition coefficient (Wildman–Crippen LogP) is 6.28. The molecular weight excluding hydrogens is 548 g/mol. The third kappa shape index (κ3) is 4.33. The molecule has 4 amide bonds. The average Bonchev–Trinajstić information content (AvgIpc) is 3.50. The topological polar surface area (TPSA) is 85.5 Å². The number of aromatic amines is 1. The van der Waals surface area contributed by atoms with Gasteiger partial charge in [-0.1, -0.05) is 84.4 Å². The predicted molar refractivity (Wildman–Crippen MR) is 163 cm³/mol. The fraction of sp³-hybridized carbons (Fsp3) is 0.147. The molecule has 0 aliphatic carbocycles. The number of hydrogen-bond acceptors (Lipinski definition) is 3. The Morgan fingerprint density at radius 2 is 1.67 bits per heavy atom. The number of halogens is 1. The molecule has 7 rings (SSSR count). The van der Waals surface area contributed by atoms with E-state index in [9.17, 15) is 14.4 Å². The zero-order valence-electron chi connectivity index (χ0n) is 22.6. The molecule has 7 nitrogen and oxygen atoms in total. The smallest absolute Gasteiger partial charge is 0.332 e. The van der Waals surface area contributed by atoms with Gasteiger partial charge in [0.25, 0.3) is 11.8 Å². The minimum atomic E-state index is -0.734. The van der Waals surface area contributed by atoms with Crippen molar-refractivity contribution < 1.29 is 14.4 Å². The van der Waals surface area contributed by atoms with Crippen LogP contribution in [0.2, 0.25) is 5.02 Å². The molecule has 0 saturated carbocycles. The summed E-state index contributed by atoms with van der Waals surface area (Å²) in [6.07, 6.45) is 1.03. The second kappa shape index (κ2) is 10.5. The van der Waals surface area contributed by atoms with Crippen molar-refractivity contribution in [2.75, 3.05) is 11.4 Å². The van der Waals surface area contributed by atoms with E-state index in [0.29, 0.717) is 24.4 Å². The summed E-state index contributed by atoms with van der Waals surface area (Å²) in [5.74, 6) is -0.692. The van der Waals surface area contributed by atoms with Gasteiger partial charge in [0.2, 0.25) is 0 Å². The van der Waals surface area contributed by atoms with Gasteiger partial charge in [-0.05, 0) is 53.4 Å². The third-order valence-electron chi connectivity index (χ3n) is 8.15. The van der Waals surface area contributed by atoms with Gasteiger partial charge >= 0.3 is 6.03 Å². The van der Waals surface area contributed by atoms with Crippen molar-refractivity contribution in [3.63, 3.8) is 0 Å². The van der Waals surface area contributed by atoms with E-state index in [1.165, 1.54) is 4.90 Å². The number of carbonyl (C=O) groups is 3. The summed E-state index contributed by atoms with van der Waals surface area (Å²) in [6.45, 7) is 0.423. The number of carbonyl (C=O) groups excluding carboxylic acids is 3. The van der Waals surface area contributed by atoms with E-state index in [4.69, 9.17) is 11.6 Å². The first-order chi connectivity index (χ1) is 20.5. The van der Waals surface area contributed by atoms with Gasteiger partial charge in [-0.3, -0.25) is 14.5 Å². The van der Waals surface area contributed by atoms with Crippen molar-refractivity contribution in [1.82, 2.24) is 15.2 Å². The Labute approximate surface area is 247 Å². The van der Waals surface area contributed by atoms with E-state index in [1.54, 1.807) is 35.2 Å². The van der Waals surface area contributed by atoms with Crippen molar-refractivity contribution in [2.24, 2.45) is 0 Å². The number of imide groups is 1. The van der Waals surface area contributed by atoms with E-state index < -0.39 is 18.1 Å². The Morgan fingerprint density at radius 1 is 0.905 bits per heavy atom. The van der Waals surface area contributed by atoms with Crippen LogP contribution >= 0.6 is 11.6 Å². The van der Waals surface area contributed by atoms with Gasteiger partial charge in [0, 0.05) is 34.6 Å². The molecule has 3 heterocycles. The zero-order valence-corrected chi connectivity index (χ0v) is 23.3. The lowest BCUT2D eigenvalue weighted by Gasteiger charge is -2.36. The summed E-state index contributed by atoms with van der Waals surface area (Å²) >= 11 is 6.40. The summed E-state index contributed by atoms with van der Waals surface area (Å²) in [5, 5.41) is 4.52. The number of amides is 4. The Kier molecular flexibility index (Phi) is 6.52. The maximum absolute atomic E-state index is 14.3. The minimum Gasteiger partial charge on any atom is -0.356 e. The summed E-state index contributed by atoms with van der Waals surface area (Å²) < 4.78 is 0. The molecule has 2 aliphatic rings. The van der Waals surface area contributed by atoms with Gasteiger partial charge in [0.1, 0.15) is 12.1 Å². The monoisotopic (exact) mass is 574 g/mol. The molecule has 1 fully saturated rings. The average molecular weight is 575 g/mol. The molecule has 0 radical (unpaired) electrons. The molecule has 208 valence electrons. The molecular formula is C34H27ClN4O3. The quantitative estimate of drug-likeness (QED) is 0.234. The Hall–Kier alpha value is -4.88. The molecule has 0 bridgehead atoms. The molecule has 4 aromatic carbocycles. The van der Waals surface area contributed by atoms with Gasteiger partial charge in [-0.2, -0.15) is 0 Å². The number of rotatable bonds is 6. The number of fused-ring (bicyclic) bond motifs is 4. The van der Waals surface area contributed by atoms with E-state index in [1.807, 2.05) is 72.8 Å². The number of H-pyrrole nitrogens is 1. The van der Waals surface area contributed by atoms with Crippen LogP contribution in [0.5, 0.6) is 0 Å². The highest BCUT2D eigenvalue weighted by molar-refractivity contribution is 6.30. The SMILES string of the molecule is O=C(NCCc1ccccc1)c1ccccc1N1C(=O)[C@@H]2Cc3c([nH]c4ccccc34)[C@@H](c3cccc(Cl)c3)N2C1=O. The van der Waals surface area contributed by atoms with Crippen molar-refractivity contribution in [3.05, 3.63) is 136 Å². The van der Waals surface area contributed by atoms with E-state index in [-0.39, 0.29) is 23.1 Å². The lowest BCUT2D eigenvalue weighted by Crippen LogP contribution is -2.44. The fourth-order valence-electron chi connectivity index (χ4n) is 6.24. The highest BCUT2D eigenvalue weighted by Gasteiger charge is 2.53. The van der Waals surface area contributed by atoms with Gasteiger partial charge in [0.05, 0.1) is 11.3 Å². The zero-order chi connectivity index (χ0) is 28.8. The number of hydrogen-bond donors (Lipinski definition) is 2. The number of para-hydroxylation sites is 2. The molecule has 1 aromatic heterocycles. The van der Waals surface area contributed by atoms with Gasteiger partial charge in [-0.25, -0.2) is 9.69 Å². The number of anilines is 1. The lowest BCUT2D eigenvalue weighted by molar-refractivity contribution is -0.120. The number of nitrogens with one attached hydrogen (secondary N) is 2. The van der Waals surface area contributed by atoms with Gasteiger partial charge in [-0.15, -0.1) is 0 Å². The van der Waals surface area contributed by atoms with Crippen molar-refractivity contribution in [2.45, 2.75) is 24.9 Å². The number of nitrogens with zero attached hydrogens (tertiary/aromatic N) is 2. The largest absolute Gasteiger partial charge is 0.356 e. The molecule has 2 N–H and O–H groups in total. The van der Waals surface area contributed by atoms with Gasteiger partial charge in [0.15, 0.2) is 0 Å². The van der Waals surface area contributed by atoms with Crippen molar-refractivity contribution in [3.8, 4) is 0 Å². The second-order valence-electron chi connectivity index (χ2n) is 10.6. The molecule has 5 aromatic rings. The van der Waals surface area contributed by atoms with E-state index >= 15 is 0 Å². The second-order valence-corrected chi connectivity index (χ2v) is 11.0. The fourth-order valence-corrected chi connectivity index (χ4v) is 6.44. The summed E-state index contributed by atoms with van der Waals surface area (Å²) in [7, 11) is 0. The first-order valence-electron chi connectivity index (χ1n) is 13.9. The number of aromatic nitrogens is 1. The summed E-state index contributed by atoms with van der Waals surface area (Å²) in [4.78, 5) is 48.1. The van der Waals surface area contributed by atoms with Crippen LogP contribution in [0.1, 0.15) is 38.8 Å². The molecule has 1 saturated heterocycles. The van der Waals surface area contributed by atoms with Crippen LogP contribution < -0.4 is 10.2 Å². The number of urea groups is 1. The van der Waals surface area contributed by atoms with Crippen LogP contribution in [0.4, 0.5) is 10.5 Å². The Morgan fingerprint density at radius 3 is 2.50 bits per heavy atom. The molecule has 2 atom stereocenters. The first kappa shape index (κ1) is 26.0. The maximum atomic E-state index is 14.3. The Balaban J connectivity index is 1.25. The molecule has 0 spiro atoms. The minimum absolute atomic E-state index is 0.274. The van der Waals surface area contributed by atoms with Crippen molar-refractivity contribution in [1.29, 1.82) is 0 Å². The van der Waals surface area contributed by atoms with Crippen LogP contribution in [0.15, 0.2) is 103 Å². The highest BCUT2D eigenvalue weighted by atomic mass is 35.5. The summed E-state index contributed by atoms with van der Waals surface area (Å²) in [6, 6.07) is 30.2. The molecule has 8 heteroatoms. The van der Waals surface area contributed by atoms with E-state index in [0.717, 1.165) is 33.3 Å². The van der Waals surface area contributed by atoms with Crippen LogP contribution in [-0.2, 0) is 17.6 Å². The molecule has 2 aliphatic heterocycles. The van der Waals surface area contributed by atoms with Crippen molar-refractivity contribution >= 4 is 46.0 Å². The first-order valence-corrected chi connectivity index (χ1v) is 14.3. The standard InChI is InChI=1S/C34H27ClN4O3/c35-23-12-8-11-22(19-23)31-30-26(24-13-4-6-15-27(24)37-30)20-29-33(41)39(34(42)38(29)31)28-16-7-5-14-25(28)32(40)36-18-17-21-9-2-1-3-10-21/h1-16,19,29,31,37H,17-18,20H2,(H,36,40)/t29-,31+/m0/s1. The number of benzene rings is 4. The maximum Gasteiger partial charge on any atom is 0.332 e. The Bertz CT molecular complexity index is 1850. The van der Waals surface area contributed by atoms with Crippen LogP contribution in [0.3, 0.4) is 0 Å². The van der Waals surface area contributed by atoms with Crippen LogP contribution in [0, 0.1) is 0 Å². The molecule has 42 heavy (non-hydrogen) atoms. The van der Waals surface area contributed by atoms with E-state index in [2.05, 4.69) is 10.3 Å². The summed E-state index contributed by atoms with van der Waals surface area (Å²) in [5.41, 5.74) is 5.28. The normalized spacial score (nSPS) is 17.8. The molecule has 0 unspecified atom stereocenters. The van der Waals surface area contributed by atoms with Crippen LogP contribution in [0.25, 0.3) is 10.9 Å². The highest BCUT2D eigenvalue weighted by Crippen LogP contribution is 2.45.